The minimum atomic E-state index is -0.678. The van der Waals surface area contributed by atoms with Gasteiger partial charge >= 0.3 is 0 Å². The van der Waals surface area contributed by atoms with Crippen molar-refractivity contribution in [2.45, 2.75) is 57.7 Å². The Morgan fingerprint density at radius 2 is 2.00 bits per heavy atom. The summed E-state index contributed by atoms with van der Waals surface area (Å²) in [5.41, 5.74) is 3.55. The number of aryl methyl sites for hydroxylation is 1. The molecule has 0 aliphatic carbocycles. The average Bonchev–Trinajstić information content (AvgIpc) is 3.23. The highest BCUT2D eigenvalue weighted by molar-refractivity contribution is 5.99. The van der Waals surface area contributed by atoms with Crippen LogP contribution < -0.4 is 0 Å². The molecule has 0 spiro atoms. The summed E-state index contributed by atoms with van der Waals surface area (Å²) in [5.74, 6) is 0.109. The van der Waals surface area contributed by atoms with E-state index in [0.717, 1.165) is 41.9 Å². The number of carbonyl (C=O) groups is 1. The highest BCUT2D eigenvalue weighted by Crippen LogP contribution is 2.44. The highest BCUT2D eigenvalue weighted by Gasteiger charge is 2.52. The lowest BCUT2D eigenvalue weighted by molar-refractivity contribution is 0.0199. The molecule has 3 heterocycles. The lowest BCUT2D eigenvalue weighted by atomic mass is 9.87. The van der Waals surface area contributed by atoms with Gasteiger partial charge in [0.05, 0.1) is 23.8 Å². The van der Waals surface area contributed by atoms with Crippen LogP contribution in [0.3, 0.4) is 0 Å². The Morgan fingerprint density at radius 3 is 2.56 bits per heavy atom. The number of fused-ring (bicyclic) bond motifs is 2. The van der Waals surface area contributed by atoms with Gasteiger partial charge in [-0.2, -0.15) is 5.26 Å². The van der Waals surface area contributed by atoms with Gasteiger partial charge in [-0.3, -0.25) is 9.69 Å². The largest absolute Gasteiger partial charge is 0.388 e. The number of hydrogen-bond donors (Lipinski definition) is 1. The van der Waals surface area contributed by atoms with E-state index in [0.29, 0.717) is 18.2 Å². The van der Waals surface area contributed by atoms with E-state index in [1.807, 2.05) is 39.0 Å². The van der Waals surface area contributed by atoms with Crippen LogP contribution in [0.2, 0.25) is 0 Å². The molecule has 2 saturated heterocycles. The number of Topliss-reactive ketones (excluding diaryl/α,β-unsaturated/α-hetero) is 1. The van der Waals surface area contributed by atoms with Gasteiger partial charge in [-0.1, -0.05) is 0 Å². The van der Waals surface area contributed by atoms with Crippen LogP contribution in [0.1, 0.15) is 53.5 Å². The summed E-state index contributed by atoms with van der Waals surface area (Å²) in [6, 6.07) is 11.9. The van der Waals surface area contributed by atoms with Crippen molar-refractivity contribution in [1.29, 1.82) is 5.26 Å². The number of benzene rings is 1. The maximum Gasteiger partial charge on any atom is 0.178 e. The van der Waals surface area contributed by atoms with Gasteiger partial charge in [0.1, 0.15) is 0 Å². The van der Waals surface area contributed by atoms with Crippen LogP contribution >= 0.6 is 0 Å². The van der Waals surface area contributed by atoms with Crippen LogP contribution in [0.25, 0.3) is 5.69 Å². The summed E-state index contributed by atoms with van der Waals surface area (Å²) in [6.45, 7) is 6.22. The second-order valence-corrected chi connectivity index (χ2v) is 8.18. The first-order chi connectivity index (χ1) is 12.8. The quantitative estimate of drug-likeness (QED) is 0.848. The van der Waals surface area contributed by atoms with E-state index in [4.69, 9.17) is 5.26 Å². The monoisotopic (exact) mass is 363 g/mol. The zero-order valence-electron chi connectivity index (χ0n) is 16.1. The topological polar surface area (TPSA) is 69.3 Å². The Labute approximate surface area is 159 Å². The normalized spacial score (nSPS) is 27.1. The second-order valence-electron chi connectivity index (χ2n) is 8.18. The van der Waals surface area contributed by atoms with Crippen LogP contribution in [0, 0.1) is 25.2 Å². The molecule has 2 aliphatic heterocycles. The molecular weight excluding hydrogens is 338 g/mol. The highest BCUT2D eigenvalue weighted by atomic mass is 16.3. The van der Waals surface area contributed by atoms with Crippen molar-refractivity contribution in [3.05, 3.63) is 52.8 Å². The van der Waals surface area contributed by atoms with E-state index in [1.165, 1.54) is 0 Å². The molecule has 4 rings (SSSR count). The second kappa shape index (κ2) is 6.33. The third kappa shape index (κ3) is 2.90. The number of carbonyl (C=O) groups excluding carboxylic acids is 1. The van der Waals surface area contributed by atoms with Crippen molar-refractivity contribution in [2.75, 3.05) is 6.54 Å². The molecule has 2 aromatic rings. The summed E-state index contributed by atoms with van der Waals surface area (Å²) in [6.07, 6.45) is 2.79. The van der Waals surface area contributed by atoms with Crippen molar-refractivity contribution in [2.24, 2.45) is 0 Å². The van der Waals surface area contributed by atoms with Gasteiger partial charge in [-0.15, -0.1) is 0 Å². The van der Waals surface area contributed by atoms with E-state index in [9.17, 15) is 9.90 Å². The molecule has 140 valence electrons. The molecular formula is C22H25N3O2. The standard InChI is InChI=1S/C22H25N3O2/c1-14-10-19(15(2)25(14)17-6-4-16(12-23)5-7-17)20(26)13-24-18-8-9-21(24)22(3,27)11-18/h4-7,10,18,21,27H,8-9,11,13H2,1-3H3/t18?,21?,22-/m0/s1. The van der Waals surface area contributed by atoms with Gasteiger partial charge in [-0.05, 0) is 70.4 Å². The van der Waals surface area contributed by atoms with Crippen molar-refractivity contribution in [3.63, 3.8) is 0 Å². The molecule has 1 N–H and O–H groups in total. The van der Waals surface area contributed by atoms with Crippen LogP contribution in [-0.2, 0) is 0 Å². The molecule has 1 aromatic heterocycles. The van der Waals surface area contributed by atoms with E-state index < -0.39 is 5.60 Å². The molecule has 2 unspecified atom stereocenters. The minimum Gasteiger partial charge on any atom is -0.388 e. The molecule has 5 heteroatoms. The fourth-order valence-electron chi connectivity index (χ4n) is 5.05. The Hall–Kier alpha value is -2.42. The number of ketones is 1. The number of aliphatic hydroxyl groups is 1. The SMILES string of the molecule is Cc1cc(C(=O)CN2C3CCC2[C@@](C)(O)C3)c(C)n1-c1ccc(C#N)cc1. The number of rotatable bonds is 4. The van der Waals surface area contributed by atoms with Gasteiger partial charge in [0, 0.05) is 34.7 Å². The van der Waals surface area contributed by atoms with Gasteiger partial charge in [-0.25, -0.2) is 0 Å². The first-order valence-electron chi connectivity index (χ1n) is 9.52. The van der Waals surface area contributed by atoms with Gasteiger partial charge in [0.15, 0.2) is 5.78 Å². The maximum atomic E-state index is 13.1. The Bertz CT molecular complexity index is 934. The van der Waals surface area contributed by atoms with Crippen LogP contribution in [0.15, 0.2) is 30.3 Å². The van der Waals surface area contributed by atoms with E-state index in [1.54, 1.807) is 12.1 Å². The zero-order valence-corrected chi connectivity index (χ0v) is 16.1. The van der Waals surface area contributed by atoms with Crippen molar-refractivity contribution >= 4 is 5.78 Å². The first-order valence-corrected chi connectivity index (χ1v) is 9.52. The summed E-state index contributed by atoms with van der Waals surface area (Å²) < 4.78 is 2.06. The summed E-state index contributed by atoms with van der Waals surface area (Å²) in [7, 11) is 0. The first kappa shape index (κ1) is 18.0. The zero-order chi connectivity index (χ0) is 19.3. The van der Waals surface area contributed by atoms with Gasteiger partial charge < -0.3 is 9.67 Å². The van der Waals surface area contributed by atoms with Crippen LogP contribution in [0.5, 0.6) is 0 Å². The lowest BCUT2D eigenvalue weighted by Crippen LogP contribution is -2.42. The molecule has 0 radical (unpaired) electrons. The maximum absolute atomic E-state index is 13.1. The predicted octanol–water partition coefficient (Wildman–Crippen LogP) is 3.14. The van der Waals surface area contributed by atoms with E-state index in [2.05, 4.69) is 15.5 Å². The average molecular weight is 363 g/mol. The molecule has 27 heavy (non-hydrogen) atoms. The van der Waals surface area contributed by atoms with E-state index in [-0.39, 0.29) is 11.8 Å². The Morgan fingerprint density at radius 1 is 1.30 bits per heavy atom. The summed E-state index contributed by atoms with van der Waals surface area (Å²) in [5, 5.41) is 19.5. The third-order valence-electron chi connectivity index (χ3n) is 6.32. The smallest absolute Gasteiger partial charge is 0.178 e. The fraction of sp³-hybridized carbons (Fsp3) is 0.455. The lowest BCUT2D eigenvalue weighted by Gasteiger charge is -2.28. The number of hydrogen-bond acceptors (Lipinski definition) is 4. The predicted molar refractivity (Wildman–Crippen MR) is 103 cm³/mol. The van der Waals surface area contributed by atoms with Gasteiger partial charge in [0.25, 0.3) is 0 Å². The Kier molecular flexibility index (Phi) is 4.21. The number of aromatic nitrogens is 1. The molecule has 2 bridgehead atoms. The van der Waals surface area contributed by atoms with Crippen LogP contribution in [0.4, 0.5) is 0 Å². The summed E-state index contributed by atoms with van der Waals surface area (Å²) in [4.78, 5) is 15.3. The molecule has 1 aromatic carbocycles. The van der Waals surface area contributed by atoms with Crippen molar-refractivity contribution in [1.82, 2.24) is 9.47 Å². The molecule has 5 nitrogen and oxygen atoms in total. The minimum absolute atomic E-state index is 0.0912. The number of nitrogens with zero attached hydrogens (tertiary/aromatic N) is 3. The van der Waals surface area contributed by atoms with Crippen molar-refractivity contribution < 1.29 is 9.90 Å². The van der Waals surface area contributed by atoms with Crippen molar-refractivity contribution in [3.8, 4) is 11.8 Å². The molecule has 3 atom stereocenters. The summed E-state index contributed by atoms with van der Waals surface area (Å²) >= 11 is 0. The van der Waals surface area contributed by atoms with E-state index >= 15 is 0 Å². The molecule has 2 fully saturated rings. The molecule has 0 saturated carbocycles. The fourth-order valence-corrected chi connectivity index (χ4v) is 5.05. The molecule has 0 amide bonds. The van der Waals surface area contributed by atoms with Gasteiger partial charge in [0.2, 0.25) is 0 Å². The Balaban J connectivity index is 1.60. The number of nitriles is 1. The molecule has 2 aliphatic rings. The van der Waals surface area contributed by atoms with Crippen LogP contribution in [-0.4, -0.2) is 44.6 Å². The third-order valence-corrected chi connectivity index (χ3v) is 6.32.